The third-order valence-corrected chi connectivity index (χ3v) is 1.89. The molecule has 0 saturated heterocycles. The second-order valence-electron chi connectivity index (χ2n) is 5.12. The van der Waals surface area contributed by atoms with E-state index in [9.17, 15) is 14.4 Å². The zero-order chi connectivity index (χ0) is 15.2. The van der Waals surface area contributed by atoms with Gasteiger partial charge in [-0.25, -0.2) is 9.59 Å². The number of carbonyl (C=O) groups excluding carboxylic acids is 2. The lowest BCUT2D eigenvalue weighted by Crippen LogP contribution is -2.53. The number of alkyl carbamates (subject to hydrolysis) is 1. The molecule has 1 atom stereocenters. The van der Waals surface area contributed by atoms with Crippen LogP contribution in [-0.4, -0.2) is 60.4 Å². The standard InChI is InChI=1S/C11H21N3O5/c1-11(2,3)19-10(18)13-7(6-12-9(16)17)8(15)14(4)5/h7,12H,6H2,1-5H3,(H,13,18)(H,16,17)/t7-/m0/s1. The summed E-state index contributed by atoms with van der Waals surface area (Å²) in [7, 11) is 3.01. The zero-order valence-corrected chi connectivity index (χ0v) is 11.8. The zero-order valence-electron chi connectivity index (χ0n) is 11.8. The van der Waals surface area contributed by atoms with Crippen molar-refractivity contribution in [3.05, 3.63) is 0 Å². The second kappa shape index (κ2) is 6.81. The van der Waals surface area contributed by atoms with Gasteiger partial charge in [0.1, 0.15) is 11.6 Å². The molecule has 0 aliphatic rings. The van der Waals surface area contributed by atoms with Gasteiger partial charge in [0.25, 0.3) is 0 Å². The second-order valence-corrected chi connectivity index (χ2v) is 5.12. The summed E-state index contributed by atoms with van der Waals surface area (Å²) in [4.78, 5) is 35.0. The molecule has 0 bridgehead atoms. The van der Waals surface area contributed by atoms with Gasteiger partial charge in [-0.15, -0.1) is 0 Å². The Labute approximate surface area is 112 Å². The third kappa shape index (κ3) is 7.85. The number of amides is 3. The minimum Gasteiger partial charge on any atom is -0.465 e. The lowest BCUT2D eigenvalue weighted by molar-refractivity contribution is -0.130. The van der Waals surface area contributed by atoms with Crippen LogP contribution >= 0.6 is 0 Å². The maximum atomic E-state index is 11.8. The summed E-state index contributed by atoms with van der Waals surface area (Å²) in [5.74, 6) is -0.431. The highest BCUT2D eigenvalue weighted by Gasteiger charge is 2.25. The number of carbonyl (C=O) groups is 3. The SMILES string of the molecule is CN(C)C(=O)[C@H](CNC(=O)O)NC(=O)OC(C)(C)C. The van der Waals surface area contributed by atoms with Crippen LogP contribution in [0.3, 0.4) is 0 Å². The number of nitrogens with zero attached hydrogens (tertiary/aromatic N) is 1. The molecule has 0 aromatic carbocycles. The van der Waals surface area contributed by atoms with Gasteiger partial charge in [-0.1, -0.05) is 0 Å². The van der Waals surface area contributed by atoms with Gasteiger partial charge in [0.15, 0.2) is 0 Å². The van der Waals surface area contributed by atoms with Gasteiger partial charge in [-0.3, -0.25) is 4.79 Å². The largest absolute Gasteiger partial charge is 0.465 e. The molecule has 3 amide bonds. The van der Waals surface area contributed by atoms with Gasteiger partial charge in [-0.05, 0) is 20.8 Å². The average Bonchev–Trinajstić information content (AvgIpc) is 2.20. The van der Waals surface area contributed by atoms with Gasteiger partial charge in [0, 0.05) is 14.1 Å². The summed E-state index contributed by atoms with van der Waals surface area (Å²) in [6.07, 6.45) is -2.05. The first-order chi connectivity index (χ1) is 8.53. The Morgan fingerprint density at radius 2 is 1.79 bits per heavy atom. The van der Waals surface area contributed by atoms with Crippen LogP contribution in [0.1, 0.15) is 20.8 Å². The Hall–Kier alpha value is -1.99. The molecule has 0 aliphatic carbocycles. The van der Waals surface area contributed by atoms with Crippen LogP contribution in [0.15, 0.2) is 0 Å². The van der Waals surface area contributed by atoms with E-state index in [4.69, 9.17) is 9.84 Å². The van der Waals surface area contributed by atoms with Gasteiger partial charge in [0.2, 0.25) is 5.91 Å². The molecular weight excluding hydrogens is 254 g/mol. The Kier molecular flexibility index (Phi) is 6.10. The third-order valence-electron chi connectivity index (χ3n) is 1.89. The van der Waals surface area contributed by atoms with Crippen LogP contribution < -0.4 is 10.6 Å². The van der Waals surface area contributed by atoms with Crippen molar-refractivity contribution < 1.29 is 24.2 Å². The quantitative estimate of drug-likeness (QED) is 0.681. The van der Waals surface area contributed by atoms with Crippen molar-refractivity contribution >= 4 is 18.1 Å². The van der Waals surface area contributed by atoms with E-state index in [1.807, 2.05) is 5.32 Å². The van der Waals surface area contributed by atoms with E-state index in [1.54, 1.807) is 20.8 Å². The maximum absolute atomic E-state index is 11.8. The minimum atomic E-state index is -1.28. The van der Waals surface area contributed by atoms with E-state index in [0.29, 0.717) is 0 Å². The normalized spacial score (nSPS) is 12.3. The summed E-state index contributed by atoms with van der Waals surface area (Å²) in [5.41, 5.74) is -0.698. The number of nitrogens with one attached hydrogen (secondary N) is 2. The first kappa shape index (κ1) is 17.0. The molecule has 110 valence electrons. The molecule has 0 spiro atoms. The molecule has 0 aromatic rings. The lowest BCUT2D eigenvalue weighted by Gasteiger charge is -2.24. The molecule has 8 heteroatoms. The number of carboxylic acid groups (broad SMARTS) is 1. The van der Waals surface area contributed by atoms with Gasteiger partial charge < -0.3 is 25.4 Å². The summed E-state index contributed by atoms with van der Waals surface area (Å²) in [5, 5.41) is 12.9. The van der Waals surface area contributed by atoms with E-state index < -0.39 is 29.7 Å². The molecule has 0 radical (unpaired) electrons. The number of ether oxygens (including phenoxy) is 1. The molecule has 19 heavy (non-hydrogen) atoms. The summed E-state index contributed by atoms with van der Waals surface area (Å²) >= 11 is 0. The topological polar surface area (TPSA) is 108 Å². The molecule has 0 aliphatic heterocycles. The number of hydrogen-bond donors (Lipinski definition) is 3. The Bertz CT molecular complexity index is 349. The molecule has 0 saturated carbocycles. The van der Waals surface area contributed by atoms with Crippen molar-refractivity contribution in [2.75, 3.05) is 20.6 Å². The maximum Gasteiger partial charge on any atom is 0.408 e. The van der Waals surface area contributed by atoms with Crippen LogP contribution in [0.5, 0.6) is 0 Å². The lowest BCUT2D eigenvalue weighted by atomic mass is 10.2. The molecule has 0 heterocycles. The summed E-state index contributed by atoms with van der Waals surface area (Å²) in [6.45, 7) is 4.83. The van der Waals surface area contributed by atoms with Gasteiger partial charge in [-0.2, -0.15) is 0 Å². The van der Waals surface area contributed by atoms with Gasteiger partial charge >= 0.3 is 12.2 Å². The van der Waals surface area contributed by atoms with Crippen molar-refractivity contribution in [1.29, 1.82) is 0 Å². The highest BCUT2D eigenvalue weighted by molar-refractivity contribution is 5.86. The van der Waals surface area contributed by atoms with E-state index >= 15 is 0 Å². The average molecular weight is 275 g/mol. The van der Waals surface area contributed by atoms with E-state index in [-0.39, 0.29) is 6.54 Å². The predicted octanol–water partition coefficient (Wildman–Crippen LogP) is 0.236. The number of hydrogen-bond acceptors (Lipinski definition) is 4. The van der Waals surface area contributed by atoms with Crippen molar-refractivity contribution in [3.8, 4) is 0 Å². The minimum absolute atomic E-state index is 0.231. The highest BCUT2D eigenvalue weighted by Crippen LogP contribution is 2.06. The fraction of sp³-hybridized carbons (Fsp3) is 0.727. The van der Waals surface area contributed by atoms with Gasteiger partial charge in [0.05, 0.1) is 6.54 Å². The van der Waals surface area contributed by atoms with E-state index in [1.165, 1.54) is 19.0 Å². The molecule has 0 rings (SSSR count). The van der Waals surface area contributed by atoms with Crippen molar-refractivity contribution in [2.45, 2.75) is 32.4 Å². The van der Waals surface area contributed by atoms with Crippen LogP contribution in [0.4, 0.5) is 9.59 Å². The first-order valence-electron chi connectivity index (χ1n) is 5.70. The fourth-order valence-corrected chi connectivity index (χ4v) is 1.15. The monoisotopic (exact) mass is 275 g/mol. The molecule has 0 unspecified atom stereocenters. The molecule has 0 fully saturated rings. The van der Waals surface area contributed by atoms with Crippen LogP contribution in [0.25, 0.3) is 0 Å². The number of rotatable bonds is 4. The Morgan fingerprint density at radius 1 is 1.26 bits per heavy atom. The van der Waals surface area contributed by atoms with Crippen molar-refractivity contribution in [2.24, 2.45) is 0 Å². The number of likely N-dealkylation sites (N-methyl/N-ethyl adjacent to an activating group) is 1. The Morgan fingerprint density at radius 3 is 2.16 bits per heavy atom. The van der Waals surface area contributed by atoms with Crippen LogP contribution in [-0.2, 0) is 9.53 Å². The van der Waals surface area contributed by atoms with Crippen LogP contribution in [0.2, 0.25) is 0 Å². The predicted molar refractivity (Wildman–Crippen MR) is 67.9 cm³/mol. The summed E-state index contributed by atoms with van der Waals surface area (Å²) < 4.78 is 5.01. The van der Waals surface area contributed by atoms with E-state index in [0.717, 1.165) is 0 Å². The van der Waals surface area contributed by atoms with Crippen LogP contribution in [0, 0.1) is 0 Å². The fourth-order valence-electron chi connectivity index (χ4n) is 1.15. The van der Waals surface area contributed by atoms with Crippen molar-refractivity contribution in [1.82, 2.24) is 15.5 Å². The molecular formula is C11H21N3O5. The highest BCUT2D eigenvalue weighted by atomic mass is 16.6. The smallest absolute Gasteiger partial charge is 0.408 e. The summed E-state index contributed by atoms with van der Waals surface area (Å²) in [6, 6.07) is -1.01. The Balaban J connectivity index is 4.62. The molecule has 8 nitrogen and oxygen atoms in total. The molecule has 3 N–H and O–H groups in total. The first-order valence-corrected chi connectivity index (χ1v) is 5.70. The molecule has 0 aromatic heterocycles. The van der Waals surface area contributed by atoms with E-state index in [2.05, 4.69) is 5.32 Å². The van der Waals surface area contributed by atoms with Crippen molar-refractivity contribution in [3.63, 3.8) is 0 Å².